The second kappa shape index (κ2) is 5.38. The van der Waals surface area contributed by atoms with Crippen molar-refractivity contribution in [3.63, 3.8) is 0 Å². The van der Waals surface area contributed by atoms with Crippen LogP contribution in [0.4, 0.5) is 5.82 Å². The number of aromatic nitrogens is 2. The molecule has 0 aromatic carbocycles. The highest BCUT2D eigenvalue weighted by Gasteiger charge is 2.28. The Kier molecular flexibility index (Phi) is 4.01. The second-order valence-corrected chi connectivity index (χ2v) is 5.77. The SMILES string of the molecule is Cc1nnc(N2CCC(N(C)C)C2)c(C(N)=S)c1C. The highest BCUT2D eigenvalue weighted by molar-refractivity contribution is 7.80. The maximum atomic E-state index is 5.87. The van der Waals surface area contributed by atoms with Gasteiger partial charge >= 0.3 is 0 Å². The first kappa shape index (κ1) is 14.1. The van der Waals surface area contributed by atoms with Crippen molar-refractivity contribution in [3.8, 4) is 0 Å². The fourth-order valence-electron chi connectivity index (χ4n) is 2.47. The van der Waals surface area contributed by atoms with E-state index < -0.39 is 0 Å². The highest BCUT2D eigenvalue weighted by Crippen LogP contribution is 2.26. The minimum Gasteiger partial charge on any atom is -0.389 e. The predicted octanol–water partition coefficient (Wildman–Crippen LogP) is 0.868. The maximum absolute atomic E-state index is 5.87. The van der Waals surface area contributed by atoms with E-state index in [1.54, 1.807) is 0 Å². The molecule has 0 saturated carbocycles. The zero-order valence-electron chi connectivity index (χ0n) is 12.0. The van der Waals surface area contributed by atoms with Crippen LogP contribution in [0.15, 0.2) is 0 Å². The third kappa shape index (κ3) is 2.69. The number of thiocarbonyl (C=S) groups is 1. The second-order valence-electron chi connectivity index (χ2n) is 5.33. The van der Waals surface area contributed by atoms with E-state index in [0.29, 0.717) is 11.0 Å². The van der Waals surface area contributed by atoms with Crippen molar-refractivity contribution in [2.24, 2.45) is 5.73 Å². The third-order valence-corrected chi connectivity index (χ3v) is 4.08. The Morgan fingerprint density at radius 1 is 1.37 bits per heavy atom. The summed E-state index contributed by atoms with van der Waals surface area (Å²) >= 11 is 5.19. The van der Waals surface area contributed by atoms with E-state index in [0.717, 1.165) is 42.1 Å². The van der Waals surface area contributed by atoms with Crippen LogP contribution in [0.25, 0.3) is 0 Å². The lowest BCUT2D eigenvalue weighted by molar-refractivity contribution is 0.315. The Labute approximate surface area is 119 Å². The zero-order valence-corrected chi connectivity index (χ0v) is 12.8. The van der Waals surface area contributed by atoms with Crippen LogP contribution in [-0.2, 0) is 0 Å². The molecule has 1 unspecified atom stereocenters. The summed E-state index contributed by atoms with van der Waals surface area (Å²) in [5, 5.41) is 8.54. The van der Waals surface area contributed by atoms with Crippen LogP contribution in [-0.4, -0.2) is 53.3 Å². The molecule has 0 radical (unpaired) electrons. The van der Waals surface area contributed by atoms with Crippen molar-refractivity contribution in [2.45, 2.75) is 26.3 Å². The van der Waals surface area contributed by atoms with Crippen molar-refractivity contribution in [2.75, 3.05) is 32.1 Å². The smallest absolute Gasteiger partial charge is 0.161 e. The van der Waals surface area contributed by atoms with E-state index in [1.807, 2.05) is 13.8 Å². The number of nitrogens with zero attached hydrogens (tertiary/aromatic N) is 4. The largest absolute Gasteiger partial charge is 0.389 e. The number of rotatable bonds is 3. The van der Waals surface area contributed by atoms with E-state index in [9.17, 15) is 0 Å². The Balaban J connectivity index is 2.36. The highest BCUT2D eigenvalue weighted by atomic mass is 32.1. The molecule has 19 heavy (non-hydrogen) atoms. The van der Waals surface area contributed by atoms with Crippen LogP contribution in [0, 0.1) is 13.8 Å². The molecule has 0 bridgehead atoms. The molecule has 6 heteroatoms. The molecule has 1 aromatic heterocycles. The average molecular weight is 279 g/mol. The predicted molar refractivity (Wildman–Crippen MR) is 81.7 cm³/mol. The summed E-state index contributed by atoms with van der Waals surface area (Å²) in [6, 6.07) is 0.544. The summed E-state index contributed by atoms with van der Waals surface area (Å²) in [5.41, 5.74) is 8.67. The monoisotopic (exact) mass is 279 g/mol. The first-order valence-electron chi connectivity index (χ1n) is 6.47. The lowest BCUT2D eigenvalue weighted by Crippen LogP contribution is -2.33. The van der Waals surface area contributed by atoms with Gasteiger partial charge in [-0.1, -0.05) is 12.2 Å². The number of anilines is 1. The molecule has 5 nitrogen and oxygen atoms in total. The van der Waals surface area contributed by atoms with Gasteiger partial charge in [-0.25, -0.2) is 0 Å². The van der Waals surface area contributed by atoms with E-state index in [4.69, 9.17) is 18.0 Å². The Morgan fingerprint density at radius 2 is 2.05 bits per heavy atom. The van der Waals surface area contributed by atoms with Crippen LogP contribution < -0.4 is 10.6 Å². The molecule has 0 aliphatic carbocycles. The molecule has 104 valence electrons. The molecule has 1 fully saturated rings. The van der Waals surface area contributed by atoms with E-state index in [1.165, 1.54) is 0 Å². The Bertz CT molecular complexity index is 500. The molecular weight excluding hydrogens is 258 g/mol. The average Bonchev–Trinajstić information content (AvgIpc) is 2.81. The molecule has 1 atom stereocenters. The van der Waals surface area contributed by atoms with Gasteiger partial charge in [0, 0.05) is 19.1 Å². The minimum atomic E-state index is 0.402. The van der Waals surface area contributed by atoms with Gasteiger partial charge in [0.15, 0.2) is 5.82 Å². The number of hydrogen-bond donors (Lipinski definition) is 1. The fourth-order valence-corrected chi connectivity index (χ4v) is 2.71. The van der Waals surface area contributed by atoms with Crippen LogP contribution >= 0.6 is 12.2 Å². The van der Waals surface area contributed by atoms with Crippen molar-refractivity contribution in [3.05, 3.63) is 16.8 Å². The number of nitrogens with two attached hydrogens (primary N) is 1. The molecular formula is C13H21N5S. The van der Waals surface area contributed by atoms with Gasteiger partial charge in [0.05, 0.1) is 11.3 Å². The van der Waals surface area contributed by atoms with E-state index in [-0.39, 0.29) is 0 Å². The Morgan fingerprint density at radius 3 is 2.58 bits per heavy atom. The van der Waals surface area contributed by atoms with Crippen LogP contribution in [0.3, 0.4) is 0 Å². The first-order valence-corrected chi connectivity index (χ1v) is 6.87. The van der Waals surface area contributed by atoms with E-state index >= 15 is 0 Å². The number of likely N-dealkylation sites (N-methyl/N-ethyl adjacent to an activating group) is 1. The minimum absolute atomic E-state index is 0.402. The fraction of sp³-hybridized carbons (Fsp3) is 0.615. The van der Waals surface area contributed by atoms with Crippen molar-refractivity contribution in [1.82, 2.24) is 15.1 Å². The van der Waals surface area contributed by atoms with Gasteiger partial charge in [-0.05, 0) is 39.9 Å². The molecule has 1 aliphatic heterocycles. The number of hydrogen-bond acceptors (Lipinski definition) is 5. The summed E-state index contributed by atoms with van der Waals surface area (Å²) in [4.78, 5) is 4.88. The lowest BCUT2D eigenvalue weighted by atomic mass is 10.1. The quantitative estimate of drug-likeness (QED) is 0.829. The third-order valence-electron chi connectivity index (χ3n) is 3.88. The molecule has 1 aromatic rings. The lowest BCUT2D eigenvalue weighted by Gasteiger charge is -2.23. The molecule has 2 rings (SSSR count). The summed E-state index contributed by atoms with van der Waals surface area (Å²) in [5.74, 6) is 0.833. The van der Waals surface area contributed by atoms with Crippen molar-refractivity contribution < 1.29 is 0 Å². The van der Waals surface area contributed by atoms with Gasteiger partial charge < -0.3 is 15.5 Å². The van der Waals surface area contributed by atoms with Gasteiger partial charge in [-0.3, -0.25) is 0 Å². The normalized spacial score (nSPS) is 19.2. The summed E-state index contributed by atoms with van der Waals surface area (Å²) in [7, 11) is 4.21. The maximum Gasteiger partial charge on any atom is 0.161 e. The molecule has 1 saturated heterocycles. The first-order chi connectivity index (χ1) is 8.91. The molecule has 2 heterocycles. The summed E-state index contributed by atoms with van der Waals surface area (Å²) in [6.45, 7) is 5.84. The van der Waals surface area contributed by atoms with Crippen LogP contribution in [0.1, 0.15) is 23.2 Å². The molecule has 0 amide bonds. The molecule has 2 N–H and O–H groups in total. The molecule has 1 aliphatic rings. The van der Waals surface area contributed by atoms with Crippen molar-refractivity contribution >= 4 is 23.0 Å². The van der Waals surface area contributed by atoms with Gasteiger partial charge in [0.1, 0.15) is 4.99 Å². The van der Waals surface area contributed by atoms with Crippen LogP contribution in [0.2, 0.25) is 0 Å². The van der Waals surface area contributed by atoms with Crippen molar-refractivity contribution in [1.29, 1.82) is 0 Å². The topological polar surface area (TPSA) is 58.3 Å². The van der Waals surface area contributed by atoms with Crippen LogP contribution in [0.5, 0.6) is 0 Å². The molecule has 0 spiro atoms. The van der Waals surface area contributed by atoms with Gasteiger partial charge in [-0.2, -0.15) is 5.10 Å². The van der Waals surface area contributed by atoms with Gasteiger partial charge in [0.25, 0.3) is 0 Å². The summed E-state index contributed by atoms with van der Waals surface area (Å²) < 4.78 is 0. The van der Waals surface area contributed by atoms with Gasteiger partial charge in [-0.15, -0.1) is 5.10 Å². The number of aryl methyl sites for hydroxylation is 1. The Hall–Kier alpha value is -1.27. The zero-order chi connectivity index (χ0) is 14.2. The van der Waals surface area contributed by atoms with E-state index in [2.05, 4.69) is 34.1 Å². The standard InChI is InChI=1S/C13H21N5S/c1-8-9(2)15-16-13(11(8)12(14)19)18-6-5-10(7-18)17(3)4/h10H,5-7H2,1-4H3,(H2,14,19). The summed E-state index contributed by atoms with van der Waals surface area (Å²) in [6.07, 6.45) is 1.12. The van der Waals surface area contributed by atoms with Gasteiger partial charge in [0.2, 0.25) is 0 Å².